The summed E-state index contributed by atoms with van der Waals surface area (Å²) in [6, 6.07) is 9.70. The van der Waals surface area contributed by atoms with Crippen molar-refractivity contribution in [3.05, 3.63) is 80.9 Å². The number of hydrogen-bond acceptors (Lipinski definition) is 5. The summed E-state index contributed by atoms with van der Waals surface area (Å²) in [5.41, 5.74) is 4.28. The molecule has 0 atom stereocenters. The minimum absolute atomic E-state index is 0.0497. The molecule has 0 saturated carbocycles. The molecule has 0 bridgehead atoms. The fourth-order valence-electron chi connectivity index (χ4n) is 6.12. The third-order valence-electron chi connectivity index (χ3n) is 7.68. The van der Waals surface area contributed by atoms with Crippen LogP contribution in [0.1, 0.15) is 77.3 Å². The third kappa shape index (κ3) is 5.49. The predicted octanol–water partition coefficient (Wildman–Crippen LogP) is 7.43. The van der Waals surface area contributed by atoms with Gasteiger partial charge in [-0.25, -0.2) is 4.39 Å². The first-order valence-corrected chi connectivity index (χ1v) is 13.9. The van der Waals surface area contributed by atoms with Gasteiger partial charge in [0.1, 0.15) is 12.4 Å². The molecule has 0 radical (unpaired) electrons. The van der Waals surface area contributed by atoms with Crippen molar-refractivity contribution < 1.29 is 23.5 Å². The highest BCUT2D eigenvalue weighted by molar-refractivity contribution is 6.32. The molecule has 0 aromatic heterocycles. The minimum Gasteiger partial charge on any atom is -0.490 e. The third-order valence-corrected chi connectivity index (χ3v) is 7.96. The molecule has 3 aliphatic rings. The Morgan fingerprint density at radius 2 is 1.46 bits per heavy atom. The molecule has 7 heteroatoms. The molecule has 1 N–H and O–H groups in total. The molecule has 2 aliphatic carbocycles. The van der Waals surface area contributed by atoms with Crippen LogP contribution < -0.4 is 14.8 Å². The number of halogens is 2. The van der Waals surface area contributed by atoms with Crippen LogP contribution in [0, 0.1) is 16.6 Å². The molecule has 0 unspecified atom stereocenters. The van der Waals surface area contributed by atoms with Crippen LogP contribution in [0.15, 0.2) is 58.9 Å². The highest BCUT2D eigenvalue weighted by Crippen LogP contribution is 2.52. The molecule has 2 aromatic carbocycles. The molecule has 0 spiro atoms. The number of carbonyl (C=O) groups excluding carboxylic acids is 2. The monoisotopic (exact) mass is 551 g/mol. The first-order valence-electron chi connectivity index (χ1n) is 13.5. The highest BCUT2D eigenvalue weighted by Gasteiger charge is 2.46. The van der Waals surface area contributed by atoms with Crippen molar-refractivity contribution in [2.75, 3.05) is 6.61 Å². The van der Waals surface area contributed by atoms with Crippen LogP contribution in [-0.4, -0.2) is 18.2 Å². The predicted molar refractivity (Wildman–Crippen MR) is 149 cm³/mol. The standard InChI is InChI=1S/C32H35ClFNO4/c1-6-38-26-12-19(11-21(33)30(26)39-17-18-7-9-20(34)10-8-18)27-28-22(13-31(2,3)15-24(28)36)35-23-14-32(4,5)16-25(37)29(23)27/h7-12,27,35H,6,13-17H2,1-5H3. The van der Waals surface area contributed by atoms with E-state index < -0.39 is 5.92 Å². The van der Waals surface area contributed by atoms with Crippen molar-refractivity contribution in [1.29, 1.82) is 0 Å². The summed E-state index contributed by atoms with van der Waals surface area (Å²) in [6.45, 7) is 10.8. The number of allylic oxidation sites excluding steroid dienone is 4. The molecule has 0 fully saturated rings. The van der Waals surface area contributed by atoms with Crippen LogP contribution in [-0.2, 0) is 16.2 Å². The van der Waals surface area contributed by atoms with Crippen LogP contribution >= 0.6 is 11.6 Å². The average molecular weight is 552 g/mol. The molecular weight excluding hydrogens is 517 g/mol. The van der Waals surface area contributed by atoms with Crippen LogP contribution in [0.5, 0.6) is 11.5 Å². The maximum Gasteiger partial charge on any atom is 0.180 e. The van der Waals surface area contributed by atoms with E-state index in [2.05, 4.69) is 33.0 Å². The summed E-state index contributed by atoms with van der Waals surface area (Å²) in [5.74, 6) is 0.0728. The lowest BCUT2D eigenvalue weighted by atomic mass is 9.64. The molecular formula is C32H35ClFNO4. The van der Waals surface area contributed by atoms with E-state index in [9.17, 15) is 14.0 Å². The van der Waals surface area contributed by atoms with E-state index >= 15 is 0 Å². The maximum absolute atomic E-state index is 13.6. The normalized spacial score (nSPS) is 20.4. The van der Waals surface area contributed by atoms with Crippen molar-refractivity contribution in [1.82, 2.24) is 5.32 Å². The molecule has 5 nitrogen and oxygen atoms in total. The molecule has 0 amide bonds. The molecule has 0 saturated heterocycles. The van der Waals surface area contributed by atoms with E-state index in [1.165, 1.54) is 12.1 Å². The SMILES string of the molecule is CCOc1cc(C2C3=C(CC(C)(C)CC3=O)NC3=C2C(=O)CC(C)(C)C3)cc(Cl)c1OCc1ccc(F)cc1. The number of carbonyl (C=O) groups is 2. The number of Topliss-reactive ketones (excluding diaryl/α,β-unsaturated/α-hetero) is 2. The summed E-state index contributed by atoms with van der Waals surface area (Å²) in [4.78, 5) is 27.3. The summed E-state index contributed by atoms with van der Waals surface area (Å²) in [6.07, 6.45) is 2.27. The van der Waals surface area contributed by atoms with Gasteiger partial charge in [-0.1, -0.05) is 51.4 Å². The minimum atomic E-state index is -0.522. The Balaban J connectivity index is 1.60. The van der Waals surface area contributed by atoms with Crippen molar-refractivity contribution in [3.8, 4) is 11.5 Å². The van der Waals surface area contributed by atoms with Crippen molar-refractivity contribution in [3.63, 3.8) is 0 Å². The van der Waals surface area contributed by atoms with Crippen molar-refractivity contribution in [2.24, 2.45) is 10.8 Å². The molecule has 1 aliphatic heterocycles. The van der Waals surface area contributed by atoms with Gasteiger partial charge in [0.25, 0.3) is 0 Å². The molecule has 5 rings (SSSR count). The topological polar surface area (TPSA) is 64.6 Å². The van der Waals surface area contributed by atoms with Gasteiger partial charge in [0.15, 0.2) is 23.1 Å². The van der Waals surface area contributed by atoms with Gasteiger partial charge in [0, 0.05) is 41.3 Å². The van der Waals surface area contributed by atoms with Gasteiger partial charge in [-0.15, -0.1) is 0 Å². The first-order chi connectivity index (χ1) is 18.4. The fourth-order valence-corrected chi connectivity index (χ4v) is 6.39. The lowest BCUT2D eigenvalue weighted by molar-refractivity contribution is -0.119. The van der Waals surface area contributed by atoms with Crippen LogP contribution in [0.25, 0.3) is 0 Å². The highest BCUT2D eigenvalue weighted by atomic mass is 35.5. The second kappa shape index (κ2) is 10.1. The van der Waals surface area contributed by atoms with Gasteiger partial charge in [-0.3, -0.25) is 9.59 Å². The zero-order chi connectivity index (χ0) is 28.1. The summed E-state index contributed by atoms with van der Waals surface area (Å²) < 4.78 is 25.3. The number of ether oxygens (including phenoxy) is 2. The van der Waals surface area contributed by atoms with Gasteiger partial charge >= 0.3 is 0 Å². The van der Waals surface area contributed by atoms with Crippen molar-refractivity contribution in [2.45, 2.75) is 72.8 Å². The molecule has 2 aromatic rings. The van der Waals surface area contributed by atoms with Gasteiger partial charge in [0.2, 0.25) is 0 Å². The molecule has 39 heavy (non-hydrogen) atoms. The van der Waals surface area contributed by atoms with E-state index in [1.54, 1.807) is 18.2 Å². The van der Waals surface area contributed by atoms with E-state index in [0.717, 1.165) is 35.4 Å². The zero-order valence-electron chi connectivity index (χ0n) is 23.2. The summed E-state index contributed by atoms with van der Waals surface area (Å²) in [7, 11) is 0. The Morgan fingerprint density at radius 1 is 0.897 bits per heavy atom. The number of dihydropyridines is 1. The van der Waals surface area contributed by atoms with Crippen LogP contribution in [0.4, 0.5) is 4.39 Å². The van der Waals surface area contributed by atoms with Crippen LogP contribution in [0.3, 0.4) is 0 Å². The number of nitrogens with one attached hydrogen (secondary N) is 1. The summed E-state index contributed by atoms with van der Waals surface area (Å²) >= 11 is 6.81. The largest absolute Gasteiger partial charge is 0.490 e. The number of hydrogen-bond donors (Lipinski definition) is 1. The van der Waals surface area contributed by atoms with Gasteiger partial charge in [-0.05, 0) is 66.0 Å². The zero-order valence-corrected chi connectivity index (χ0v) is 23.9. The Kier molecular flexibility index (Phi) is 7.13. The van der Waals surface area contributed by atoms with E-state index in [4.69, 9.17) is 21.1 Å². The number of rotatable bonds is 6. The lowest BCUT2D eigenvalue weighted by Crippen LogP contribution is -2.42. The average Bonchev–Trinajstić information content (AvgIpc) is 2.81. The second-order valence-corrected chi connectivity index (χ2v) is 12.8. The van der Waals surface area contributed by atoms with Gasteiger partial charge < -0.3 is 14.8 Å². The maximum atomic E-state index is 13.6. The quantitative estimate of drug-likeness (QED) is 0.404. The van der Waals surface area contributed by atoms with Crippen LogP contribution in [0.2, 0.25) is 5.02 Å². The lowest BCUT2D eigenvalue weighted by Gasteiger charge is -2.44. The fraction of sp³-hybridized carbons (Fsp3) is 0.438. The van der Waals surface area contributed by atoms with E-state index in [-0.39, 0.29) is 34.8 Å². The smallest absolute Gasteiger partial charge is 0.180 e. The number of benzene rings is 2. The Labute approximate surface area is 234 Å². The first kappa shape index (κ1) is 27.4. The van der Waals surface area contributed by atoms with E-state index in [0.29, 0.717) is 47.1 Å². The van der Waals surface area contributed by atoms with E-state index in [1.807, 2.05) is 13.0 Å². The Bertz CT molecular complexity index is 1350. The Hall–Kier alpha value is -3.12. The van der Waals surface area contributed by atoms with Gasteiger partial charge in [0.05, 0.1) is 11.6 Å². The number of ketones is 2. The Morgan fingerprint density at radius 3 is 2.00 bits per heavy atom. The summed E-state index contributed by atoms with van der Waals surface area (Å²) in [5, 5.41) is 3.87. The van der Waals surface area contributed by atoms with Crippen molar-refractivity contribution >= 4 is 23.2 Å². The molecule has 1 heterocycles. The molecule has 206 valence electrons. The second-order valence-electron chi connectivity index (χ2n) is 12.4. The van der Waals surface area contributed by atoms with Gasteiger partial charge in [-0.2, -0.15) is 0 Å².